The summed E-state index contributed by atoms with van der Waals surface area (Å²) in [4.78, 5) is 10.6. The molecule has 14 heavy (non-hydrogen) atoms. The molecule has 0 aliphatic rings. The van der Waals surface area contributed by atoms with Crippen molar-refractivity contribution in [3.63, 3.8) is 0 Å². The zero-order chi connectivity index (χ0) is 11.4. The molecule has 0 heterocycles. The molecule has 0 saturated carbocycles. The van der Waals surface area contributed by atoms with Gasteiger partial charge in [0.15, 0.2) is 0 Å². The van der Waals surface area contributed by atoms with Gasteiger partial charge in [0.2, 0.25) is 5.60 Å². The highest BCUT2D eigenvalue weighted by molar-refractivity contribution is 5.81. The van der Waals surface area contributed by atoms with E-state index in [1.165, 1.54) is 0 Å². The SMILES string of the molecule is C=CC(=O)OC(CC)(C(F)F)C(F)F. The molecule has 0 saturated heterocycles. The molecule has 0 bridgehead atoms. The van der Waals surface area contributed by atoms with E-state index in [1.54, 1.807) is 0 Å². The summed E-state index contributed by atoms with van der Waals surface area (Å²) in [7, 11) is 0. The fourth-order valence-corrected chi connectivity index (χ4v) is 0.794. The van der Waals surface area contributed by atoms with Crippen LogP contribution in [0.15, 0.2) is 12.7 Å². The normalized spacial score (nSPS) is 11.9. The molecular weight excluding hydrogens is 204 g/mol. The maximum absolute atomic E-state index is 12.3. The minimum absolute atomic E-state index is 0.565. The molecule has 0 aromatic carbocycles. The summed E-state index contributed by atoms with van der Waals surface area (Å²) in [5.41, 5.74) is -3.02. The minimum atomic E-state index is -3.43. The van der Waals surface area contributed by atoms with Gasteiger partial charge in [-0.2, -0.15) is 0 Å². The van der Waals surface area contributed by atoms with Gasteiger partial charge in [-0.1, -0.05) is 13.5 Å². The number of hydrogen-bond donors (Lipinski definition) is 0. The summed E-state index contributed by atoms with van der Waals surface area (Å²) < 4.78 is 53.2. The average Bonchev–Trinajstić information content (AvgIpc) is 2.12. The Morgan fingerprint density at radius 1 is 1.43 bits per heavy atom. The number of rotatable bonds is 5. The first kappa shape index (κ1) is 12.9. The number of carbonyl (C=O) groups excluding carboxylic acids is 1. The summed E-state index contributed by atoms with van der Waals surface area (Å²) in [5.74, 6) is -1.28. The molecule has 2 nitrogen and oxygen atoms in total. The molecule has 0 N–H and O–H groups in total. The van der Waals surface area contributed by atoms with Gasteiger partial charge in [0, 0.05) is 6.08 Å². The quantitative estimate of drug-likeness (QED) is 0.399. The summed E-state index contributed by atoms with van der Waals surface area (Å²) in [6.07, 6.45) is -6.97. The predicted molar refractivity (Wildman–Crippen MR) is 41.3 cm³/mol. The Morgan fingerprint density at radius 2 is 1.86 bits per heavy atom. The molecule has 0 aliphatic carbocycles. The molecule has 0 aliphatic heterocycles. The number of esters is 1. The lowest BCUT2D eigenvalue weighted by atomic mass is 10.0. The largest absolute Gasteiger partial charge is 0.444 e. The van der Waals surface area contributed by atoms with Crippen molar-refractivity contribution in [1.29, 1.82) is 0 Å². The van der Waals surface area contributed by atoms with Crippen molar-refractivity contribution in [3.05, 3.63) is 12.7 Å². The van der Waals surface area contributed by atoms with Crippen LogP contribution in [0.2, 0.25) is 0 Å². The number of halogens is 4. The molecule has 0 spiro atoms. The highest BCUT2D eigenvalue weighted by Gasteiger charge is 2.50. The van der Waals surface area contributed by atoms with E-state index in [0.717, 1.165) is 6.92 Å². The maximum Gasteiger partial charge on any atom is 0.331 e. The lowest BCUT2D eigenvalue weighted by Crippen LogP contribution is -2.48. The van der Waals surface area contributed by atoms with Crippen LogP contribution in [0.3, 0.4) is 0 Å². The molecule has 0 rings (SSSR count). The topological polar surface area (TPSA) is 26.3 Å². The number of alkyl halides is 4. The lowest BCUT2D eigenvalue weighted by molar-refractivity contribution is -0.209. The number of carbonyl (C=O) groups is 1. The molecule has 0 aromatic heterocycles. The second-order valence-electron chi connectivity index (χ2n) is 2.54. The van der Waals surface area contributed by atoms with Crippen molar-refractivity contribution < 1.29 is 27.1 Å². The van der Waals surface area contributed by atoms with Gasteiger partial charge in [-0.15, -0.1) is 0 Å². The molecule has 0 atom stereocenters. The summed E-state index contributed by atoms with van der Waals surface area (Å²) in [6, 6.07) is 0. The van der Waals surface area contributed by atoms with Gasteiger partial charge in [-0.3, -0.25) is 0 Å². The van der Waals surface area contributed by atoms with Gasteiger partial charge < -0.3 is 4.74 Å². The highest BCUT2D eigenvalue weighted by atomic mass is 19.3. The van der Waals surface area contributed by atoms with Crippen LogP contribution in [0.5, 0.6) is 0 Å². The first-order chi connectivity index (χ1) is 6.40. The van der Waals surface area contributed by atoms with E-state index in [2.05, 4.69) is 11.3 Å². The first-order valence-corrected chi connectivity index (χ1v) is 3.82. The van der Waals surface area contributed by atoms with Crippen molar-refractivity contribution in [2.75, 3.05) is 0 Å². The zero-order valence-corrected chi connectivity index (χ0v) is 7.47. The van der Waals surface area contributed by atoms with E-state index in [9.17, 15) is 22.4 Å². The molecule has 6 heteroatoms. The van der Waals surface area contributed by atoms with Crippen LogP contribution in [0, 0.1) is 0 Å². The Hall–Kier alpha value is -1.07. The first-order valence-electron chi connectivity index (χ1n) is 3.82. The Balaban J connectivity index is 4.85. The third-order valence-electron chi connectivity index (χ3n) is 1.75. The number of ether oxygens (including phenoxy) is 1. The van der Waals surface area contributed by atoms with Crippen LogP contribution in [0.1, 0.15) is 13.3 Å². The Morgan fingerprint density at radius 3 is 2.07 bits per heavy atom. The lowest BCUT2D eigenvalue weighted by Gasteiger charge is -2.29. The van der Waals surface area contributed by atoms with Gasteiger partial charge >= 0.3 is 5.97 Å². The second-order valence-corrected chi connectivity index (χ2v) is 2.54. The number of hydrogen-bond acceptors (Lipinski definition) is 2. The molecular formula is C8H10F4O2. The van der Waals surface area contributed by atoms with Crippen LogP contribution < -0.4 is 0 Å². The summed E-state index contributed by atoms with van der Waals surface area (Å²) in [6.45, 7) is 4.03. The van der Waals surface area contributed by atoms with E-state index in [4.69, 9.17) is 0 Å². The third kappa shape index (κ3) is 2.46. The van der Waals surface area contributed by atoms with Crippen LogP contribution in [-0.2, 0) is 9.53 Å². The predicted octanol–water partition coefficient (Wildman–Crippen LogP) is 2.39. The summed E-state index contributed by atoms with van der Waals surface area (Å²) in [5, 5.41) is 0. The van der Waals surface area contributed by atoms with Gasteiger partial charge in [0.05, 0.1) is 0 Å². The van der Waals surface area contributed by atoms with E-state index in [-0.39, 0.29) is 0 Å². The van der Waals surface area contributed by atoms with E-state index >= 15 is 0 Å². The van der Waals surface area contributed by atoms with Crippen LogP contribution in [0.4, 0.5) is 17.6 Å². The fraction of sp³-hybridized carbons (Fsp3) is 0.625. The smallest absolute Gasteiger partial charge is 0.331 e. The Bertz CT molecular complexity index is 207. The third-order valence-corrected chi connectivity index (χ3v) is 1.75. The molecule has 0 fully saturated rings. The van der Waals surface area contributed by atoms with Gasteiger partial charge in [-0.25, -0.2) is 22.4 Å². The second kappa shape index (κ2) is 4.97. The zero-order valence-electron chi connectivity index (χ0n) is 7.47. The van der Waals surface area contributed by atoms with Crippen molar-refractivity contribution in [2.24, 2.45) is 0 Å². The Labute approximate surface area is 78.5 Å². The van der Waals surface area contributed by atoms with E-state index in [1.807, 2.05) is 0 Å². The monoisotopic (exact) mass is 214 g/mol. The van der Waals surface area contributed by atoms with E-state index < -0.39 is 30.8 Å². The van der Waals surface area contributed by atoms with Crippen molar-refractivity contribution in [2.45, 2.75) is 31.8 Å². The Kier molecular flexibility index (Phi) is 4.59. The van der Waals surface area contributed by atoms with Crippen molar-refractivity contribution in [1.82, 2.24) is 0 Å². The van der Waals surface area contributed by atoms with Crippen molar-refractivity contribution >= 4 is 5.97 Å². The molecule has 0 aromatic rings. The van der Waals surface area contributed by atoms with E-state index in [0.29, 0.717) is 6.08 Å². The average molecular weight is 214 g/mol. The molecule has 0 amide bonds. The highest BCUT2D eigenvalue weighted by Crippen LogP contribution is 2.31. The maximum atomic E-state index is 12.3. The standard InChI is InChI=1S/C8H10F4O2/c1-3-5(13)14-8(4-2,6(9)10)7(11)12/h3,6-7H,1,4H2,2H3. The minimum Gasteiger partial charge on any atom is -0.444 e. The summed E-state index contributed by atoms with van der Waals surface area (Å²) >= 11 is 0. The molecule has 82 valence electrons. The van der Waals surface area contributed by atoms with Crippen LogP contribution >= 0.6 is 0 Å². The van der Waals surface area contributed by atoms with Crippen LogP contribution in [-0.4, -0.2) is 24.4 Å². The fourth-order valence-electron chi connectivity index (χ4n) is 0.794. The van der Waals surface area contributed by atoms with Crippen molar-refractivity contribution in [3.8, 4) is 0 Å². The molecule has 0 radical (unpaired) electrons. The molecule has 0 unspecified atom stereocenters. The van der Waals surface area contributed by atoms with Gasteiger partial charge in [0.1, 0.15) is 0 Å². The van der Waals surface area contributed by atoms with Gasteiger partial charge in [0.25, 0.3) is 12.9 Å². The van der Waals surface area contributed by atoms with Crippen LogP contribution in [0.25, 0.3) is 0 Å². The van der Waals surface area contributed by atoms with Gasteiger partial charge in [-0.05, 0) is 6.42 Å².